The van der Waals surface area contributed by atoms with Gasteiger partial charge in [0.2, 0.25) is 0 Å². The quantitative estimate of drug-likeness (QED) is 0.295. The average molecular weight is 208 g/mol. The second-order valence-electron chi connectivity index (χ2n) is 3.76. The third-order valence-corrected chi connectivity index (χ3v) is 2.25. The molecule has 0 aliphatic carbocycles. The Morgan fingerprint density at radius 1 is 0.733 bits per heavy atom. The molecule has 0 saturated heterocycles. The molecule has 0 spiro atoms. The number of hydrogen-bond acceptors (Lipinski definition) is 1. The van der Waals surface area contributed by atoms with E-state index in [2.05, 4.69) is 31.2 Å². The number of aldehydes is 1. The molecule has 0 aliphatic heterocycles. The normalized spacial score (nSPS) is 11.5. The molecule has 0 fully saturated rings. The lowest BCUT2D eigenvalue weighted by Crippen LogP contribution is -1.74. The fraction of sp³-hybridized carbons (Fsp3) is 0.643. The Morgan fingerprint density at radius 3 is 1.80 bits per heavy atom. The largest absolute Gasteiger partial charge is 0.303 e. The smallest absolute Gasteiger partial charge is 0.120 e. The number of hydrogen-bond donors (Lipinski definition) is 0. The highest BCUT2D eigenvalue weighted by molar-refractivity contribution is 5.48. The number of unbranched alkanes of at least 4 members (excludes halogenated alkanes) is 5. The minimum atomic E-state index is 0.696. The minimum absolute atomic E-state index is 0.696. The van der Waals surface area contributed by atoms with E-state index in [0.29, 0.717) is 6.42 Å². The van der Waals surface area contributed by atoms with Gasteiger partial charge in [-0.25, -0.2) is 0 Å². The molecule has 0 saturated carbocycles. The molecule has 0 unspecified atom stereocenters. The summed E-state index contributed by atoms with van der Waals surface area (Å²) in [5, 5.41) is 0. The van der Waals surface area contributed by atoms with Crippen LogP contribution in [0, 0.1) is 0 Å². The predicted molar refractivity (Wildman–Crippen MR) is 67.0 cm³/mol. The molecule has 0 rings (SSSR count). The molecule has 15 heavy (non-hydrogen) atoms. The van der Waals surface area contributed by atoms with Gasteiger partial charge in [-0.05, 0) is 32.1 Å². The summed E-state index contributed by atoms with van der Waals surface area (Å²) in [4.78, 5) is 10.0. The van der Waals surface area contributed by atoms with E-state index in [1.165, 1.54) is 19.3 Å². The first-order valence-electron chi connectivity index (χ1n) is 6.15. The van der Waals surface area contributed by atoms with Crippen LogP contribution in [0.2, 0.25) is 0 Å². The van der Waals surface area contributed by atoms with Gasteiger partial charge in [-0.2, -0.15) is 0 Å². The molecule has 1 heteroatoms. The van der Waals surface area contributed by atoms with Crippen molar-refractivity contribution in [1.82, 2.24) is 0 Å². The van der Waals surface area contributed by atoms with Gasteiger partial charge in [-0.3, -0.25) is 0 Å². The fourth-order valence-corrected chi connectivity index (χ4v) is 1.30. The average Bonchev–Trinajstić information content (AvgIpc) is 2.26. The van der Waals surface area contributed by atoms with Crippen LogP contribution < -0.4 is 0 Å². The SMILES string of the molecule is CCCCC=CCCC=CCCCC=O. The van der Waals surface area contributed by atoms with Crippen LogP contribution >= 0.6 is 0 Å². The summed E-state index contributed by atoms with van der Waals surface area (Å²) < 4.78 is 0. The first-order chi connectivity index (χ1) is 7.41. The number of carbonyl (C=O) groups is 1. The second kappa shape index (κ2) is 13.2. The van der Waals surface area contributed by atoms with Gasteiger partial charge >= 0.3 is 0 Å². The maximum atomic E-state index is 10.0. The van der Waals surface area contributed by atoms with Crippen LogP contribution in [0.1, 0.15) is 58.3 Å². The Balaban J connectivity index is 3.15. The van der Waals surface area contributed by atoms with Crippen molar-refractivity contribution in [3.05, 3.63) is 24.3 Å². The zero-order chi connectivity index (χ0) is 11.2. The fourth-order valence-electron chi connectivity index (χ4n) is 1.30. The summed E-state index contributed by atoms with van der Waals surface area (Å²) >= 11 is 0. The Bertz CT molecular complexity index is 180. The summed E-state index contributed by atoms with van der Waals surface area (Å²) in [6.07, 6.45) is 18.7. The maximum Gasteiger partial charge on any atom is 0.120 e. The summed E-state index contributed by atoms with van der Waals surface area (Å²) in [5.41, 5.74) is 0. The lowest BCUT2D eigenvalue weighted by molar-refractivity contribution is -0.107. The van der Waals surface area contributed by atoms with E-state index in [0.717, 1.165) is 32.0 Å². The van der Waals surface area contributed by atoms with E-state index in [-0.39, 0.29) is 0 Å². The van der Waals surface area contributed by atoms with E-state index in [1.807, 2.05) is 0 Å². The number of allylic oxidation sites excluding steroid dienone is 4. The van der Waals surface area contributed by atoms with E-state index in [4.69, 9.17) is 0 Å². The van der Waals surface area contributed by atoms with Crippen molar-refractivity contribution in [3.63, 3.8) is 0 Å². The van der Waals surface area contributed by atoms with Crippen LogP contribution in [0.5, 0.6) is 0 Å². The predicted octanol–water partition coefficient (Wildman–Crippen LogP) is 4.44. The molecule has 0 aromatic rings. The Kier molecular flexibility index (Phi) is 12.4. The lowest BCUT2D eigenvalue weighted by Gasteiger charge is -1.90. The van der Waals surface area contributed by atoms with E-state index in [9.17, 15) is 4.79 Å². The van der Waals surface area contributed by atoms with Crippen molar-refractivity contribution in [1.29, 1.82) is 0 Å². The lowest BCUT2D eigenvalue weighted by atomic mass is 10.2. The molecule has 0 aromatic heterocycles. The van der Waals surface area contributed by atoms with Crippen molar-refractivity contribution < 1.29 is 4.79 Å². The molecule has 0 radical (unpaired) electrons. The van der Waals surface area contributed by atoms with Gasteiger partial charge in [0.25, 0.3) is 0 Å². The molecule has 0 heterocycles. The van der Waals surface area contributed by atoms with E-state index in [1.54, 1.807) is 0 Å². The zero-order valence-corrected chi connectivity index (χ0v) is 9.95. The van der Waals surface area contributed by atoms with Gasteiger partial charge in [-0.15, -0.1) is 0 Å². The van der Waals surface area contributed by atoms with Crippen LogP contribution in [-0.4, -0.2) is 6.29 Å². The molecule has 0 aliphatic rings. The summed E-state index contributed by atoms with van der Waals surface area (Å²) in [7, 11) is 0. The number of rotatable bonds is 10. The molecular weight excluding hydrogens is 184 g/mol. The molecule has 0 amide bonds. The van der Waals surface area contributed by atoms with Crippen molar-refractivity contribution in [2.45, 2.75) is 58.3 Å². The van der Waals surface area contributed by atoms with Crippen molar-refractivity contribution in [3.8, 4) is 0 Å². The highest BCUT2D eigenvalue weighted by Crippen LogP contribution is 2.00. The van der Waals surface area contributed by atoms with Gasteiger partial charge in [0.05, 0.1) is 0 Å². The van der Waals surface area contributed by atoms with Crippen LogP contribution in [0.4, 0.5) is 0 Å². The van der Waals surface area contributed by atoms with Crippen LogP contribution in [0.25, 0.3) is 0 Å². The van der Waals surface area contributed by atoms with Crippen molar-refractivity contribution in [2.75, 3.05) is 0 Å². The van der Waals surface area contributed by atoms with Crippen molar-refractivity contribution in [2.24, 2.45) is 0 Å². The first-order valence-corrected chi connectivity index (χ1v) is 6.15. The van der Waals surface area contributed by atoms with Crippen LogP contribution in [0.3, 0.4) is 0 Å². The van der Waals surface area contributed by atoms with Crippen molar-refractivity contribution >= 4 is 6.29 Å². The van der Waals surface area contributed by atoms with Crippen LogP contribution in [-0.2, 0) is 4.79 Å². The molecule has 86 valence electrons. The highest BCUT2D eigenvalue weighted by Gasteiger charge is 1.82. The van der Waals surface area contributed by atoms with Gasteiger partial charge in [0.1, 0.15) is 6.29 Å². The van der Waals surface area contributed by atoms with Gasteiger partial charge < -0.3 is 4.79 Å². The zero-order valence-electron chi connectivity index (χ0n) is 9.95. The highest BCUT2D eigenvalue weighted by atomic mass is 16.1. The first kappa shape index (κ1) is 14.2. The molecule has 0 N–H and O–H groups in total. The van der Waals surface area contributed by atoms with E-state index < -0.39 is 0 Å². The Labute approximate surface area is 94.3 Å². The topological polar surface area (TPSA) is 17.1 Å². The molecule has 0 atom stereocenters. The van der Waals surface area contributed by atoms with E-state index >= 15 is 0 Å². The third-order valence-electron chi connectivity index (χ3n) is 2.25. The molecule has 0 aromatic carbocycles. The summed E-state index contributed by atoms with van der Waals surface area (Å²) in [5.74, 6) is 0. The second-order valence-corrected chi connectivity index (χ2v) is 3.76. The summed E-state index contributed by atoms with van der Waals surface area (Å²) in [6.45, 7) is 2.22. The minimum Gasteiger partial charge on any atom is -0.303 e. The van der Waals surface area contributed by atoms with Crippen LogP contribution in [0.15, 0.2) is 24.3 Å². The summed E-state index contributed by atoms with van der Waals surface area (Å²) in [6, 6.07) is 0. The maximum absolute atomic E-state index is 10.0. The standard InChI is InChI=1S/C14H24O/c1-2-3-4-5-6-7-8-9-10-11-12-13-14-15/h5-6,9-10,14H,2-4,7-8,11-13H2,1H3. The number of carbonyl (C=O) groups excluding carboxylic acids is 1. The van der Waals surface area contributed by atoms with Gasteiger partial charge in [0, 0.05) is 6.42 Å². The Hall–Kier alpha value is -0.850. The molecule has 0 bridgehead atoms. The Morgan fingerprint density at radius 2 is 1.27 bits per heavy atom. The monoisotopic (exact) mass is 208 g/mol. The third kappa shape index (κ3) is 13.2. The molecule has 1 nitrogen and oxygen atoms in total. The van der Waals surface area contributed by atoms with Gasteiger partial charge in [-0.1, -0.05) is 44.1 Å². The van der Waals surface area contributed by atoms with Gasteiger partial charge in [0.15, 0.2) is 0 Å². The molecular formula is C14H24O.